The predicted octanol–water partition coefficient (Wildman–Crippen LogP) is 0.236. The van der Waals surface area contributed by atoms with Crippen LogP contribution in [0.2, 0.25) is 0 Å². The number of rotatable bonds is 3. The maximum atomic E-state index is 5.37. The van der Waals surface area contributed by atoms with Crippen molar-refractivity contribution in [3.05, 3.63) is 11.3 Å². The Labute approximate surface area is 71.1 Å². The lowest BCUT2D eigenvalue weighted by Crippen LogP contribution is -2.11. The first-order valence-electron chi connectivity index (χ1n) is 4.31. The van der Waals surface area contributed by atoms with Crippen molar-refractivity contribution >= 4 is 0 Å². The lowest BCUT2D eigenvalue weighted by molar-refractivity contribution is 0.312. The summed E-state index contributed by atoms with van der Waals surface area (Å²) in [5.74, 6) is 0.757. The second-order valence-electron chi connectivity index (χ2n) is 2.98. The molecular weight excluding hydrogens is 154 g/mol. The predicted molar refractivity (Wildman–Crippen MR) is 45.2 cm³/mol. The van der Waals surface area contributed by atoms with Crippen molar-refractivity contribution in [3.63, 3.8) is 0 Å². The van der Waals surface area contributed by atoms with Crippen molar-refractivity contribution in [2.75, 3.05) is 13.2 Å². The molecule has 0 atom stereocenters. The largest absolute Gasteiger partial charge is 0.475 e. The van der Waals surface area contributed by atoms with E-state index in [2.05, 4.69) is 10.2 Å². The zero-order valence-electron chi connectivity index (χ0n) is 6.97. The van der Waals surface area contributed by atoms with Crippen molar-refractivity contribution in [1.29, 1.82) is 0 Å². The molecule has 0 saturated heterocycles. The van der Waals surface area contributed by atoms with Gasteiger partial charge in [-0.15, -0.1) is 5.10 Å². The van der Waals surface area contributed by atoms with Crippen LogP contribution in [0.1, 0.15) is 17.7 Å². The van der Waals surface area contributed by atoms with Crippen molar-refractivity contribution in [3.8, 4) is 5.88 Å². The maximum absolute atomic E-state index is 5.37. The maximum Gasteiger partial charge on any atom is 0.236 e. The summed E-state index contributed by atoms with van der Waals surface area (Å²) in [6, 6.07) is 0. The summed E-state index contributed by atoms with van der Waals surface area (Å²) in [7, 11) is 0. The van der Waals surface area contributed by atoms with Gasteiger partial charge in [-0.05, 0) is 19.3 Å². The van der Waals surface area contributed by atoms with Gasteiger partial charge in [0, 0.05) is 17.8 Å². The second kappa shape index (κ2) is 3.15. The number of aromatic amines is 1. The molecule has 0 bridgehead atoms. The Kier molecular flexibility index (Phi) is 1.99. The molecule has 4 nitrogen and oxygen atoms in total. The van der Waals surface area contributed by atoms with E-state index < -0.39 is 0 Å². The fraction of sp³-hybridized carbons (Fsp3) is 0.625. The molecule has 0 aromatic carbocycles. The van der Waals surface area contributed by atoms with Crippen molar-refractivity contribution in [2.45, 2.75) is 19.3 Å². The average molecular weight is 167 g/mol. The average Bonchev–Trinajstić information content (AvgIpc) is 2.62. The first-order valence-corrected chi connectivity index (χ1v) is 4.31. The van der Waals surface area contributed by atoms with E-state index in [0.717, 1.165) is 18.7 Å². The minimum absolute atomic E-state index is 0.543. The number of aryl methyl sites for hydroxylation is 1. The molecule has 0 aliphatic heterocycles. The summed E-state index contributed by atoms with van der Waals surface area (Å²) in [4.78, 5) is 0. The minimum atomic E-state index is 0.543. The lowest BCUT2D eigenvalue weighted by Gasteiger charge is -2.00. The van der Waals surface area contributed by atoms with Crippen molar-refractivity contribution in [1.82, 2.24) is 10.2 Å². The summed E-state index contributed by atoms with van der Waals surface area (Å²) >= 11 is 0. The third-order valence-corrected chi connectivity index (χ3v) is 2.13. The van der Waals surface area contributed by atoms with Crippen LogP contribution in [0.4, 0.5) is 0 Å². The van der Waals surface area contributed by atoms with Gasteiger partial charge in [-0.2, -0.15) is 0 Å². The quantitative estimate of drug-likeness (QED) is 0.677. The Morgan fingerprint density at radius 2 is 2.42 bits per heavy atom. The van der Waals surface area contributed by atoms with E-state index >= 15 is 0 Å². The van der Waals surface area contributed by atoms with Gasteiger partial charge in [0.15, 0.2) is 0 Å². The van der Waals surface area contributed by atoms with Gasteiger partial charge in [0.25, 0.3) is 0 Å². The number of H-pyrrole nitrogens is 1. The van der Waals surface area contributed by atoms with Crippen molar-refractivity contribution < 1.29 is 4.74 Å². The summed E-state index contributed by atoms with van der Waals surface area (Å²) < 4.78 is 5.37. The van der Waals surface area contributed by atoms with Gasteiger partial charge >= 0.3 is 0 Å². The van der Waals surface area contributed by atoms with E-state index in [1.54, 1.807) is 0 Å². The molecule has 3 N–H and O–H groups in total. The fourth-order valence-corrected chi connectivity index (χ4v) is 1.56. The van der Waals surface area contributed by atoms with Gasteiger partial charge in [-0.1, -0.05) is 0 Å². The fourth-order valence-electron chi connectivity index (χ4n) is 1.56. The molecule has 4 heteroatoms. The Bertz CT molecular complexity index is 269. The first kappa shape index (κ1) is 7.61. The number of aromatic nitrogens is 2. The molecule has 1 aromatic rings. The van der Waals surface area contributed by atoms with Gasteiger partial charge in [0.05, 0.1) is 0 Å². The summed E-state index contributed by atoms with van der Waals surface area (Å²) in [5.41, 5.74) is 7.82. The number of ether oxygens (including phenoxy) is 1. The highest BCUT2D eigenvalue weighted by Crippen LogP contribution is 2.27. The van der Waals surface area contributed by atoms with E-state index in [1.807, 2.05) is 0 Å². The van der Waals surface area contributed by atoms with Crippen LogP contribution in [-0.4, -0.2) is 23.3 Å². The van der Waals surface area contributed by atoms with Crippen LogP contribution in [0.25, 0.3) is 0 Å². The number of hydrogen-bond donors (Lipinski definition) is 2. The molecule has 0 unspecified atom stereocenters. The van der Waals surface area contributed by atoms with Gasteiger partial charge in [-0.25, -0.2) is 0 Å². The second-order valence-corrected chi connectivity index (χ2v) is 2.98. The Balaban J connectivity index is 2.11. The van der Waals surface area contributed by atoms with E-state index in [0.29, 0.717) is 13.2 Å². The van der Waals surface area contributed by atoms with E-state index in [4.69, 9.17) is 10.5 Å². The Morgan fingerprint density at radius 1 is 1.50 bits per heavy atom. The SMILES string of the molecule is NCCOc1n[nH]c2c1CCC2. The van der Waals surface area contributed by atoms with E-state index in [1.165, 1.54) is 17.7 Å². The molecular formula is C8H13N3O. The molecule has 0 radical (unpaired) electrons. The molecule has 66 valence electrons. The van der Waals surface area contributed by atoms with Crippen molar-refractivity contribution in [2.24, 2.45) is 5.73 Å². The molecule has 0 fully saturated rings. The Morgan fingerprint density at radius 3 is 3.25 bits per heavy atom. The molecule has 0 saturated carbocycles. The zero-order chi connectivity index (χ0) is 8.39. The van der Waals surface area contributed by atoms with Crippen LogP contribution in [0.15, 0.2) is 0 Å². The molecule has 1 aromatic heterocycles. The van der Waals surface area contributed by atoms with Crippen LogP contribution in [0.5, 0.6) is 5.88 Å². The highest BCUT2D eigenvalue weighted by Gasteiger charge is 2.18. The summed E-state index contributed by atoms with van der Waals surface area (Å²) in [6.45, 7) is 1.10. The van der Waals surface area contributed by atoms with Crippen LogP contribution in [0.3, 0.4) is 0 Å². The topological polar surface area (TPSA) is 63.9 Å². The summed E-state index contributed by atoms with van der Waals surface area (Å²) in [6.07, 6.45) is 3.41. The molecule has 1 aliphatic rings. The van der Waals surface area contributed by atoms with Gasteiger partial charge < -0.3 is 10.5 Å². The third-order valence-electron chi connectivity index (χ3n) is 2.13. The molecule has 0 spiro atoms. The number of nitrogens with zero attached hydrogens (tertiary/aromatic N) is 1. The standard InChI is InChI=1S/C8H13N3O/c9-4-5-12-8-6-2-1-3-7(6)10-11-8/h1-5,9H2,(H,10,11). The summed E-state index contributed by atoms with van der Waals surface area (Å²) in [5, 5.41) is 7.05. The Hall–Kier alpha value is -1.03. The number of nitrogens with one attached hydrogen (secondary N) is 1. The number of nitrogens with two attached hydrogens (primary N) is 1. The van der Waals surface area contributed by atoms with Crippen LogP contribution < -0.4 is 10.5 Å². The molecule has 1 aliphatic carbocycles. The number of fused-ring (bicyclic) bond motifs is 1. The smallest absolute Gasteiger partial charge is 0.236 e. The van der Waals surface area contributed by atoms with Gasteiger partial charge in [-0.3, -0.25) is 5.10 Å². The zero-order valence-corrected chi connectivity index (χ0v) is 6.97. The van der Waals surface area contributed by atoms with E-state index in [9.17, 15) is 0 Å². The molecule has 1 heterocycles. The molecule has 2 rings (SSSR count). The third kappa shape index (κ3) is 1.18. The number of hydrogen-bond acceptors (Lipinski definition) is 3. The molecule has 12 heavy (non-hydrogen) atoms. The minimum Gasteiger partial charge on any atom is -0.475 e. The van der Waals surface area contributed by atoms with Crippen LogP contribution in [0, 0.1) is 0 Å². The molecule has 0 amide bonds. The van der Waals surface area contributed by atoms with Gasteiger partial charge in [0.1, 0.15) is 6.61 Å². The van der Waals surface area contributed by atoms with Crippen LogP contribution in [-0.2, 0) is 12.8 Å². The highest BCUT2D eigenvalue weighted by atomic mass is 16.5. The van der Waals surface area contributed by atoms with Gasteiger partial charge in [0.2, 0.25) is 5.88 Å². The van der Waals surface area contributed by atoms with E-state index in [-0.39, 0.29) is 0 Å². The van der Waals surface area contributed by atoms with Crippen LogP contribution >= 0.6 is 0 Å². The monoisotopic (exact) mass is 167 g/mol. The lowest BCUT2D eigenvalue weighted by atomic mass is 10.3. The normalized spacial score (nSPS) is 14.8. The first-order chi connectivity index (χ1) is 5.92. The highest BCUT2D eigenvalue weighted by molar-refractivity contribution is 5.33.